The zero-order valence-corrected chi connectivity index (χ0v) is 20.4. The molecule has 7 nitrogen and oxygen atoms in total. The zero-order valence-electron chi connectivity index (χ0n) is 19.6. The number of fused-ring (bicyclic) bond motifs is 1. The number of imide groups is 1. The van der Waals surface area contributed by atoms with Crippen LogP contribution in [0.4, 0.5) is 9.93 Å². The summed E-state index contributed by atoms with van der Waals surface area (Å²) in [5, 5.41) is 9.75. The number of carbonyl (C=O) groups excluding carboxylic acids is 3. The molecule has 0 bridgehead atoms. The van der Waals surface area contributed by atoms with E-state index in [4.69, 9.17) is 0 Å². The van der Waals surface area contributed by atoms with Gasteiger partial charge in [-0.3, -0.25) is 14.5 Å². The molecule has 8 heteroatoms. The van der Waals surface area contributed by atoms with E-state index >= 15 is 0 Å². The van der Waals surface area contributed by atoms with E-state index in [1.807, 2.05) is 73.8 Å². The Morgan fingerprint density at radius 2 is 1.80 bits per heavy atom. The molecule has 1 unspecified atom stereocenters. The number of hydrogen-bond donors (Lipinski definition) is 2. The van der Waals surface area contributed by atoms with Crippen molar-refractivity contribution in [3.05, 3.63) is 82.7 Å². The van der Waals surface area contributed by atoms with Crippen molar-refractivity contribution in [1.82, 2.24) is 15.2 Å². The summed E-state index contributed by atoms with van der Waals surface area (Å²) in [6.45, 7) is 5.35. The van der Waals surface area contributed by atoms with Crippen LogP contribution in [0.15, 0.2) is 66.0 Å². The van der Waals surface area contributed by atoms with Crippen LogP contribution in [-0.4, -0.2) is 34.3 Å². The summed E-state index contributed by atoms with van der Waals surface area (Å²) in [5.41, 5.74) is 3.49. The van der Waals surface area contributed by atoms with Gasteiger partial charge in [0.1, 0.15) is 12.1 Å². The number of rotatable bonds is 5. The number of urea groups is 1. The summed E-state index contributed by atoms with van der Waals surface area (Å²) < 4.78 is 0. The Hall–Kier alpha value is -4.04. The molecule has 35 heavy (non-hydrogen) atoms. The molecule has 176 valence electrons. The van der Waals surface area contributed by atoms with E-state index in [0.29, 0.717) is 10.7 Å². The zero-order chi connectivity index (χ0) is 24.7. The maximum atomic E-state index is 13.3. The average molecular weight is 485 g/mol. The number of anilines is 1. The van der Waals surface area contributed by atoms with Crippen LogP contribution in [0.1, 0.15) is 23.6 Å². The summed E-state index contributed by atoms with van der Waals surface area (Å²) in [6.07, 6.45) is 0. The number of nitrogens with zero attached hydrogens (tertiary/aromatic N) is 2. The highest BCUT2D eigenvalue weighted by molar-refractivity contribution is 7.14. The van der Waals surface area contributed by atoms with Gasteiger partial charge in [0, 0.05) is 10.9 Å². The monoisotopic (exact) mass is 484 g/mol. The molecule has 0 aliphatic carbocycles. The molecule has 2 heterocycles. The van der Waals surface area contributed by atoms with Crippen LogP contribution < -0.4 is 10.6 Å². The first kappa shape index (κ1) is 22.7. The Kier molecular flexibility index (Phi) is 5.61. The quantitative estimate of drug-likeness (QED) is 0.391. The summed E-state index contributed by atoms with van der Waals surface area (Å²) in [5.74, 6) is -0.958. The molecular weight excluding hydrogens is 460 g/mol. The van der Waals surface area contributed by atoms with E-state index in [-0.39, 0.29) is 0 Å². The van der Waals surface area contributed by atoms with Crippen LogP contribution in [-0.2, 0) is 15.1 Å². The number of aromatic nitrogens is 1. The van der Waals surface area contributed by atoms with Gasteiger partial charge >= 0.3 is 6.03 Å². The third-order valence-electron chi connectivity index (χ3n) is 6.46. The molecule has 1 fully saturated rings. The Morgan fingerprint density at radius 3 is 2.57 bits per heavy atom. The number of aryl methyl sites for hydroxylation is 2. The number of benzene rings is 3. The number of carbonyl (C=O) groups is 3. The van der Waals surface area contributed by atoms with Crippen molar-refractivity contribution >= 4 is 45.1 Å². The molecule has 1 aromatic heterocycles. The highest BCUT2D eigenvalue weighted by Crippen LogP contribution is 2.31. The van der Waals surface area contributed by atoms with Crippen molar-refractivity contribution in [2.45, 2.75) is 26.3 Å². The fourth-order valence-electron chi connectivity index (χ4n) is 4.20. The standard InChI is InChI=1S/C27H24N4O3S/c1-16-8-9-20(12-17(16)2)22-15-35-25(28-22)29-23(32)14-31-24(33)27(3,30-26(31)34)21-11-10-18-6-4-5-7-19(18)13-21/h4-13,15H,14H2,1-3H3,(H,30,34)(H,28,29,32). The van der Waals surface area contributed by atoms with Crippen LogP contribution in [0.5, 0.6) is 0 Å². The van der Waals surface area contributed by atoms with Crippen LogP contribution in [0.3, 0.4) is 0 Å². The molecule has 1 aliphatic rings. The van der Waals surface area contributed by atoms with Gasteiger partial charge in [-0.15, -0.1) is 11.3 Å². The van der Waals surface area contributed by atoms with E-state index < -0.39 is 29.9 Å². The number of amides is 4. The lowest BCUT2D eigenvalue weighted by Gasteiger charge is -2.22. The second kappa shape index (κ2) is 8.63. The summed E-state index contributed by atoms with van der Waals surface area (Å²) in [6, 6.07) is 18.9. The molecule has 0 spiro atoms. The topological polar surface area (TPSA) is 91.4 Å². The van der Waals surface area contributed by atoms with Crippen LogP contribution >= 0.6 is 11.3 Å². The molecule has 1 aliphatic heterocycles. The van der Waals surface area contributed by atoms with Gasteiger partial charge in [0.15, 0.2) is 5.13 Å². The van der Waals surface area contributed by atoms with Gasteiger partial charge in [-0.05, 0) is 60.4 Å². The first-order chi connectivity index (χ1) is 16.7. The average Bonchev–Trinajstić information content (AvgIpc) is 3.39. The molecule has 0 radical (unpaired) electrons. The second-order valence-electron chi connectivity index (χ2n) is 8.89. The maximum absolute atomic E-state index is 13.3. The molecule has 0 saturated carbocycles. The predicted molar refractivity (Wildman–Crippen MR) is 137 cm³/mol. The Balaban J connectivity index is 1.30. The molecule has 2 N–H and O–H groups in total. The first-order valence-electron chi connectivity index (χ1n) is 11.2. The van der Waals surface area contributed by atoms with Crippen molar-refractivity contribution in [2.24, 2.45) is 0 Å². The highest BCUT2D eigenvalue weighted by atomic mass is 32.1. The van der Waals surface area contributed by atoms with E-state index in [0.717, 1.165) is 32.5 Å². The molecule has 1 atom stereocenters. The van der Waals surface area contributed by atoms with Crippen molar-refractivity contribution < 1.29 is 14.4 Å². The molecule has 4 amide bonds. The lowest BCUT2D eigenvalue weighted by molar-refractivity contribution is -0.133. The lowest BCUT2D eigenvalue weighted by atomic mass is 9.90. The van der Waals surface area contributed by atoms with Gasteiger partial charge in [0.2, 0.25) is 5.91 Å². The summed E-state index contributed by atoms with van der Waals surface area (Å²) in [7, 11) is 0. The van der Waals surface area contributed by atoms with Gasteiger partial charge in [-0.1, -0.05) is 48.5 Å². The fraction of sp³-hybridized carbons (Fsp3) is 0.185. The van der Waals surface area contributed by atoms with E-state index in [2.05, 4.69) is 21.7 Å². The SMILES string of the molecule is Cc1ccc(-c2csc(NC(=O)CN3C(=O)NC(C)(c4ccc5ccccc5c4)C3=O)n2)cc1C. The normalized spacial score (nSPS) is 17.6. The van der Waals surface area contributed by atoms with Gasteiger partial charge in [-0.25, -0.2) is 9.78 Å². The third kappa shape index (κ3) is 4.17. The minimum Gasteiger partial charge on any atom is -0.319 e. The van der Waals surface area contributed by atoms with Gasteiger partial charge < -0.3 is 10.6 Å². The number of thiazole rings is 1. The molecular formula is C27H24N4O3S. The number of nitrogens with one attached hydrogen (secondary N) is 2. The van der Waals surface area contributed by atoms with E-state index in [9.17, 15) is 14.4 Å². The van der Waals surface area contributed by atoms with Crippen LogP contribution in [0.2, 0.25) is 0 Å². The molecule has 4 aromatic rings. The Labute approximate surface area is 206 Å². The largest absolute Gasteiger partial charge is 0.325 e. The first-order valence-corrected chi connectivity index (χ1v) is 12.1. The highest BCUT2D eigenvalue weighted by Gasteiger charge is 2.49. The van der Waals surface area contributed by atoms with Crippen LogP contribution in [0, 0.1) is 13.8 Å². The Bertz CT molecular complexity index is 1490. The molecule has 5 rings (SSSR count). The van der Waals surface area contributed by atoms with E-state index in [1.165, 1.54) is 16.9 Å². The second-order valence-corrected chi connectivity index (χ2v) is 9.75. The Morgan fingerprint density at radius 1 is 1.03 bits per heavy atom. The van der Waals surface area contributed by atoms with Gasteiger partial charge in [0.25, 0.3) is 5.91 Å². The summed E-state index contributed by atoms with van der Waals surface area (Å²) in [4.78, 5) is 44.1. The predicted octanol–water partition coefficient (Wildman–Crippen LogP) is 4.99. The van der Waals surface area contributed by atoms with Crippen molar-refractivity contribution in [3.63, 3.8) is 0 Å². The van der Waals surface area contributed by atoms with E-state index in [1.54, 1.807) is 6.92 Å². The summed E-state index contributed by atoms with van der Waals surface area (Å²) >= 11 is 1.29. The maximum Gasteiger partial charge on any atom is 0.325 e. The lowest BCUT2D eigenvalue weighted by Crippen LogP contribution is -2.42. The molecule has 1 saturated heterocycles. The van der Waals surface area contributed by atoms with Crippen LogP contribution in [0.25, 0.3) is 22.0 Å². The van der Waals surface area contributed by atoms with Crippen molar-refractivity contribution in [3.8, 4) is 11.3 Å². The fourth-order valence-corrected chi connectivity index (χ4v) is 4.94. The minimum atomic E-state index is -1.25. The molecule has 3 aromatic carbocycles. The van der Waals surface area contributed by atoms with Crippen molar-refractivity contribution in [1.29, 1.82) is 0 Å². The van der Waals surface area contributed by atoms with Gasteiger partial charge in [-0.2, -0.15) is 0 Å². The van der Waals surface area contributed by atoms with Gasteiger partial charge in [0.05, 0.1) is 5.69 Å². The van der Waals surface area contributed by atoms with Crippen molar-refractivity contribution in [2.75, 3.05) is 11.9 Å². The smallest absolute Gasteiger partial charge is 0.319 e. The number of hydrogen-bond acceptors (Lipinski definition) is 5. The minimum absolute atomic E-state index is 0.396. The third-order valence-corrected chi connectivity index (χ3v) is 7.21.